The molecule has 5 nitrogen and oxygen atoms in total. The third-order valence-electron chi connectivity index (χ3n) is 3.64. The molecule has 2 rings (SSSR count). The van der Waals surface area contributed by atoms with Crippen molar-refractivity contribution in [2.24, 2.45) is 0 Å². The average Bonchev–Trinajstić information content (AvgIpc) is 2.71. The molecule has 122 valence electrons. The molecular formula is C15H20F2N2O3. The molecule has 0 atom stereocenters. The third kappa shape index (κ3) is 3.85. The molecule has 0 N–H and O–H groups in total. The molecule has 1 amide bonds. The van der Waals surface area contributed by atoms with E-state index in [4.69, 9.17) is 4.74 Å². The van der Waals surface area contributed by atoms with Crippen LogP contribution in [0.3, 0.4) is 0 Å². The van der Waals surface area contributed by atoms with Crippen molar-refractivity contribution in [2.45, 2.75) is 13.0 Å². The summed E-state index contributed by atoms with van der Waals surface area (Å²) in [4.78, 5) is 16.5. The minimum Gasteiger partial charge on any atom is -0.493 e. The normalized spacial score (nSPS) is 16.5. The van der Waals surface area contributed by atoms with Crippen LogP contribution in [0, 0.1) is 0 Å². The molecule has 7 heteroatoms. The van der Waals surface area contributed by atoms with Gasteiger partial charge < -0.3 is 19.3 Å². The molecule has 0 bridgehead atoms. The molecule has 1 aromatic rings. The van der Waals surface area contributed by atoms with Crippen LogP contribution < -0.4 is 9.47 Å². The smallest absolute Gasteiger partial charge is 0.387 e. The monoisotopic (exact) mass is 314 g/mol. The molecule has 22 heavy (non-hydrogen) atoms. The van der Waals surface area contributed by atoms with E-state index in [0.717, 1.165) is 19.5 Å². The Bertz CT molecular complexity index is 526. The highest BCUT2D eigenvalue weighted by molar-refractivity contribution is 5.97. The number of alkyl halides is 2. The number of ether oxygens (including phenoxy) is 2. The lowest BCUT2D eigenvalue weighted by Crippen LogP contribution is -2.34. The van der Waals surface area contributed by atoms with E-state index >= 15 is 0 Å². The first kappa shape index (κ1) is 16.5. The van der Waals surface area contributed by atoms with Gasteiger partial charge in [-0.05, 0) is 32.1 Å². The number of benzene rings is 1. The molecule has 0 unspecified atom stereocenters. The Morgan fingerprint density at radius 1 is 1.23 bits per heavy atom. The minimum absolute atomic E-state index is 0.101. The molecule has 0 saturated carbocycles. The predicted molar refractivity (Wildman–Crippen MR) is 77.6 cm³/mol. The summed E-state index contributed by atoms with van der Waals surface area (Å²) in [6, 6.07) is 4.57. The van der Waals surface area contributed by atoms with Gasteiger partial charge in [0.25, 0.3) is 5.91 Å². The molecule has 1 aromatic carbocycles. The highest BCUT2D eigenvalue weighted by atomic mass is 19.3. The van der Waals surface area contributed by atoms with Gasteiger partial charge in [-0.15, -0.1) is 0 Å². The van der Waals surface area contributed by atoms with E-state index in [1.807, 2.05) is 7.05 Å². The zero-order valence-corrected chi connectivity index (χ0v) is 12.7. The number of nitrogens with zero attached hydrogens (tertiary/aromatic N) is 2. The van der Waals surface area contributed by atoms with Crippen molar-refractivity contribution in [3.63, 3.8) is 0 Å². The molecule has 1 aliphatic rings. The van der Waals surface area contributed by atoms with Crippen molar-refractivity contribution in [3.8, 4) is 11.5 Å². The lowest BCUT2D eigenvalue weighted by Gasteiger charge is -2.22. The zero-order chi connectivity index (χ0) is 16.1. The third-order valence-corrected chi connectivity index (χ3v) is 3.64. The Kier molecular flexibility index (Phi) is 5.54. The highest BCUT2D eigenvalue weighted by Crippen LogP contribution is 2.33. The van der Waals surface area contributed by atoms with Gasteiger partial charge in [0.2, 0.25) is 0 Å². The van der Waals surface area contributed by atoms with Crippen LogP contribution >= 0.6 is 0 Å². The number of likely N-dealkylation sites (N-methyl/N-ethyl adjacent to an activating group) is 1. The number of carbonyl (C=O) groups is 1. The van der Waals surface area contributed by atoms with Crippen LogP contribution in [0.25, 0.3) is 0 Å². The highest BCUT2D eigenvalue weighted by Gasteiger charge is 2.25. The fourth-order valence-electron chi connectivity index (χ4n) is 2.48. The Morgan fingerprint density at radius 3 is 2.68 bits per heavy atom. The van der Waals surface area contributed by atoms with E-state index < -0.39 is 6.61 Å². The van der Waals surface area contributed by atoms with E-state index in [9.17, 15) is 13.6 Å². The quantitative estimate of drug-likeness (QED) is 0.853. The van der Waals surface area contributed by atoms with Gasteiger partial charge in [-0.1, -0.05) is 6.07 Å². The summed E-state index contributed by atoms with van der Waals surface area (Å²) in [5.41, 5.74) is 0.101. The van der Waals surface area contributed by atoms with Gasteiger partial charge in [-0.2, -0.15) is 8.78 Å². The number of amides is 1. The van der Waals surface area contributed by atoms with Gasteiger partial charge in [0, 0.05) is 19.6 Å². The van der Waals surface area contributed by atoms with Crippen LogP contribution in [0.15, 0.2) is 18.2 Å². The number of rotatable bonds is 4. The number of methoxy groups -OCH3 is 1. The van der Waals surface area contributed by atoms with Crippen LogP contribution in [-0.2, 0) is 0 Å². The first-order valence-electron chi connectivity index (χ1n) is 7.12. The Hall–Kier alpha value is -1.89. The maximum absolute atomic E-state index is 12.7. The van der Waals surface area contributed by atoms with Crippen molar-refractivity contribution in [2.75, 3.05) is 40.3 Å². The fraction of sp³-hybridized carbons (Fsp3) is 0.533. The number of halogens is 2. The van der Waals surface area contributed by atoms with Crippen LogP contribution in [0.1, 0.15) is 16.8 Å². The van der Waals surface area contributed by atoms with Gasteiger partial charge in [-0.3, -0.25) is 4.79 Å². The molecule has 1 aliphatic heterocycles. The van der Waals surface area contributed by atoms with E-state index in [-0.39, 0.29) is 23.0 Å². The molecule has 0 radical (unpaired) electrons. The summed E-state index contributed by atoms with van der Waals surface area (Å²) in [5, 5.41) is 0. The SMILES string of the molecule is COc1cccc(C(=O)N2CCCN(C)CC2)c1OC(F)F. The summed E-state index contributed by atoms with van der Waals surface area (Å²) in [6.07, 6.45) is 0.844. The second-order valence-corrected chi connectivity index (χ2v) is 5.16. The van der Waals surface area contributed by atoms with Gasteiger partial charge in [0.15, 0.2) is 11.5 Å². The lowest BCUT2D eigenvalue weighted by atomic mass is 10.1. The van der Waals surface area contributed by atoms with E-state index in [1.54, 1.807) is 11.0 Å². The molecule has 0 aromatic heterocycles. The van der Waals surface area contributed by atoms with Crippen molar-refractivity contribution in [3.05, 3.63) is 23.8 Å². The molecule has 1 saturated heterocycles. The predicted octanol–water partition coefficient (Wildman–Crippen LogP) is 2.07. The van der Waals surface area contributed by atoms with E-state index in [2.05, 4.69) is 9.64 Å². The van der Waals surface area contributed by atoms with Crippen LogP contribution in [0.5, 0.6) is 11.5 Å². The van der Waals surface area contributed by atoms with Crippen LogP contribution in [0.2, 0.25) is 0 Å². The summed E-state index contributed by atoms with van der Waals surface area (Å²) in [6.45, 7) is -0.212. The van der Waals surface area contributed by atoms with Gasteiger partial charge in [0.1, 0.15) is 0 Å². The minimum atomic E-state index is -3.02. The summed E-state index contributed by atoms with van der Waals surface area (Å²) >= 11 is 0. The fourth-order valence-corrected chi connectivity index (χ4v) is 2.48. The first-order valence-corrected chi connectivity index (χ1v) is 7.12. The number of para-hydroxylation sites is 1. The van der Waals surface area contributed by atoms with Crippen molar-refractivity contribution in [1.82, 2.24) is 9.80 Å². The van der Waals surface area contributed by atoms with Gasteiger partial charge in [0.05, 0.1) is 12.7 Å². The lowest BCUT2D eigenvalue weighted by molar-refractivity contribution is -0.0516. The number of hydrogen-bond donors (Lipinski definition) is 0. The summed E-state index contributed by atoms with van der Waals surface area (Å²) in [7, 11) is 3.34. The average molecular weight is 314 g/mol. The molecule has 1 heterocycles. The van der Waals surface area contributed by atoms with Crippen molar-refractivity contribution < 1.29 is 23.0 Å². The zero-order valence-electron chi connectivity index (χ0n) is 12.7. The second-order valence-electron chi connectivity index (χ2n) is 5.16. The molecule has 0 spiro atoms. The maximum atomic E-state index is 12.7. The van der Waals surface area contributed by atoms with Gasteiger partial charge >= 0.3 is 6.61 Å². The van der Waals surface area contributed by atoms with E-state index in [1.165, 1.54) is 19.2 Å². The standard InChI is InChI=1S/C15H20F2N2O3/c1-18-7-4-8-19(10-9-18)14(20)11-5-3-6-12(21-2)13(11)22-15(16)17/h3,5-6,15H,4,7-10H2,1-2H3. The molecular weight excluding hydrogens is 294 g/mol. The van der Waals surface area contributed by atoms with E-state index in [0.29, 0.717) is 13.1 Å². The molecule has 1 fully saturated rings. The first-order chi connectivity index (χ1) is 10.5. The second kappa shape index (κ2) is 7.40. The summed E-state index contributed by atoms with van der Waals surface area (Å²) < 4.78 is 34.8. The maximum Gasteiger partial charge on any atom is 0.387 e. The Balaban J connectivity index is 2.28. The largest absolute Gasteiger partial charge is 0.493 e. The summed E-state index contributed by atoms with van der Waals surface area (Å²) in [5.74, 6) is -0.398. The van der Waals surface area contributed by atoms with Crippen molar-refractivity contribution >= 4 is 5.91 Å². The Labute approximate surface area is 128 Å². The van der Waals surface area contributed by atoms with Crippen LogP contribution in [0.4, 0.5) is 8.78 Å². The van der Waals surface area contributed by atoms with Crippen molar-refractivity contribution in [1.29, 1.82) is 0 Å². The Morgan fingerprint density at radius 2 is 2.00 bits per heavy atom. The number of hydrogen-bond acceptors (Lipinski definition) is 4. The number of carbonyl (C=O) groups excluding carboxylic acids is 1. The van der Waals surface area contributed by atoms with Gasteiger partial charge in [-0.25, -0.2) is 0 Å². The molecule has 0 aliphatic carbocycles. The van der Waals surface area contributed by atoms with Crippen LogP contribution in [-0.4, -0.2) is 62.7 Å². The topological polar surface area (TPSA) is 42.0 Å².